The Morgan fingerprint density at radius 1 is 1.53 bits per heavy atom. The van der Waals surface area contributed by atoms with Crippen molar-refractivity contribution in [3.63, 3.8) is 0 Å². The minimum absolute atomic E-state index is 0.292. The van der Waals surface area contributed by atoms with Crippen LogP contribution in [0.25, 0.3) is 0 Å². The highest BCUT2D eigenvalue weighted by atomic mass is 19.1. The van der Waals surface area contributed by atoms with E-state index in [9.17, 15) is 4.39 Å². The Morgan fingerprint density at radius 2 is 2.26 bits per heavy atom. The molecular formula is C15H24FN3. The quantitative estimate of drug-likeness (QED) is 0.732. The normalized spacial score (nSPS) is 10.8. The van der Waals surface area contributed by atoms with Crippen molar-refractivity contribution in [3.8, 4) is 0 Å². The van der Waals surface area contributed by atoms with Gasteiger partial charge in [-0.2, -0.15) is 0 Å². The van der Waals surface area contributed by atoms with Gasteiger partial charge in [-0.3, -0.25) is 0 Å². The van der Waals surface area contributed by atoms with Crippen molar-refractivity contribution in [2.24, 2.45) is 5.92 Å². The smallest absolute Gasteiger partial charge is 0.141 e. The van der Waals surface area contributed by atoms with Crippen LogP contribution in [-0.2, 0) is 6.54 Å². The van der Waals surface area contributed by atoms with Crippen LogP contribution in [0.1, 0.15) is 26.3 Å². The monoisotopic (exact) mass is 265 g/mol. The minimum Gasteiger partial charge on any atom is -0.353 e. The van der Waals surface area contributed by atoms with Crippen molar-refractivity contribution >= 4 is 5.82 Å². The van der Waals surface area contributed by atoms with Crippen LogP contribution in [-0.4, -0.2) is 24.6 Å². The van der Waals surface area contributed by atoms with E-state index in [1.54, 1.807) is 6.07 Å². The Balaban J connectivity index is 2.86. The number of hydrogen-bond donors (Lipinski definition) is 1. The summed E-state index contributed by atoms with van der Waals surface area (Å²) >= 11 is 0. The lowest BCUT2D eigenvalue weighted by atomic mass is 10.2. The second kappa shape index (κ2) is 7.89. The molecule has 106 valence electrons. The van der Waals surface area contributed by atoms with Crippen LogP contribution in [0.3, 0.4) is 0 Å². The summed E-state index contributed by atoms with van der Waals surface area (Å²) in [6, 6.07) is 1.56. The second-order valence-corrected chi connectivity index (χ2v) is 4.99. The summed E-state index contributed by atoms with van der Waals surface area (Å²) in [5.74, 6) is 1.11. The Labute approximate surface area is 115 Å². The Morgan fingerprint density at radius 3 is 2.84 bits per heavy atom. The molecular weight excluding hydrogens is 241 g/mol. The highest BCUT2D eigenvalue weighted by molar-refractivity contribution is 5.47. The van der Waals surface area contributed by atoms with Gasteiger partial charge in [0.1, 0.15) is 11.6 Å². The number of hydrogen-bond acceptors (Lipinski definition) is 3. The molecule has 19 heavy (non-hydrogen) atoms. The van der Waals surface area contributed by atoms with Crippen molar-refractivity contribution in [1.82, 2.24) is 10.3 Å². The summed E-state index contributed by atoms with van der Waals surface area (Å²) in [5, 5.41) is 3.33. The lowest BCUT2D eigenvalue weighted by Crippen LogP contribution is -2.27. The van der Waals surface area contributed by atoms with Crippen LogP contribution in [0, 0.1) is 11.7 Å². The number of pyridine rings is 1. The van der Waals surface area contributed by atoms with Crippen molar-refractivity contribution < 1.29 is 4.39 Å². The van der Waals surface area contributed by atoms with Crippen LogP contribution in [0.4, 0.5) is 10.2 Å². The Hall–Kier alpha value is -1.42. The molecule has 0 amide bonds. The molecule has 0 aromatic carbocycles. The number of halogens is 1. The first-order valence-corrected chi connectivity index (χ1v) is 6.79. The van der Waals surface area contributed by atoms with Gasteiger partial charge in [0.15, 0.2) is 0 Å². The molecule has 3 nitrogen and oxygen atoms in total. The van der Waals surface area contributed by atoms with E-state index in [4.69, 9.17) is 0 Å². The molecule has 1 aromatic rings. The van der Waals surface area contributed by atoms with Gasteiger partial charge < -0.3 is 10.2 Å². The van der Waals surface area contributed by atoms with Crippen LogP contribution >= 0.6 is 0 Å². The molecule has 0 bridgehead atoms. The summed E-state index contributed by atoms with van der Waals surface area (Å²) in [4.78, 5) is 6.31. The van der Waals surface area contributed by atoms with Crippen molar-refractivity contribution in [2.75, 3.05) is 24.5 Å². The molecule has 1 heterocycles. The van der Waals surface area contributed by atoms with E-state index in [-0.39, 0.29) is 5.82 Å². The van der Waals surface area contributed by atoms with Crippen molar-refractivity contribution in [1.29, 1.82) is 0 Å². The number of likely N-dealkylation sites (N-methyl/N-ethyl adjacent to an activating group) is 1. The summed E-state index contributed by atoms with van der Waals surface area (Å²) in [6.07, 6.45) is 3.10. The molecule has 1 N–H and O–H groups in total. The van der Waals surface area contributed by atoms with E-state index in [2.05, 4.69) is 42.6 Å². The van der Waals surface area contributed by atoms with Gasteiger partial charge in [0.2, 0.25) is 0 Å². The fourth-order valence-electron chi connectivity index (χ4n) is 1.91. The van der Waals surface area contributed by atoms with Crippen LogP contribution in [0.5, 0.6) is 0 Å². The van der Waals surface area contributed by atoms with E-state index in [1.165, 1.54) is 6.20 Å². The molecule has 0 atom stereocenters. The maximum absolute atomic E-state index is 13.4. The molecule has 0 spiro atoms. The molecule has 1 aromatic heterocycles. The maximum atomic E-state index is 13.4. The van der Waals surface area contributed by atoms with E-state index in [0.717, 1.165) is 24.5 Å². The molecule has 0 radical (unpaired) electrons. The van der Waals surface area contributed by atoms with E-state index >= 15 is 0 Å². The summed E-state index contributed by atoms with van der Waals surface area (Å²) < 4.78 is 13.4. The molecule has 0 fully saturated rings. The van der Waals surface area contributed by atoms with E-state index < -0.39 is 0 Å². The second-order valence-electron chi connectivity index (χ2n) is 4.99. The third kappa shape index (κ3) is 4.99. The number of nitrogens with one attached hydrogen (secondary N) is 1. The van der Waals surface area contributed by atoms with Gasteiger partial charge >= 0.3 is 0 Å². The van der Waals surface area contributed by atoms with Gasteiger partial charge in [0.25, 0.3) is 0 Å². The summed E-state index contributed by atoms with van der Waals surface area (Å²) in [7, 11) is 0. The standard InChI is InChI=1S/C15H24FN3/c1-5-7-19(6-2)15-13(8-14(16)11-18-15)10-17-9-12(3)4/h5,8,11-12,17H,1,6-7,9-10H2,2-4H3. The number of aromatic nitrogens is 1. The zero-order chi connectivity index (χ0) is 14.3. The third-order valence-corrected chi connectivity index (χ3v) is 2.81. The molecule has 0 saturated heterocycles. The van der Waals surface area contributed by atoms with Gasteiger partial charge in [0.05, 0.1) is 6.20 Å². The minimum atomic E-state index is -0.292. The van der Waals surface area contributed by atoms with Crippen molar-refractivity contribution in [3.05, 3.63) is 36.3 Å². The molecule has 0 unspecified atom stereocenters. The first kappa shape index (κ1) is 15.6. The average molecular weight is 265 g/mol. The fourth-order valence-corrected chi connectivity index (χ4v) is 1.91. The Kier molecular flexibility index (Phi) is 6.50. The maximum Gasteiger partial charge on any atom is 0.141 e. The first-order chi connectivity index (χ1) is 9.08. The van der Waals surface area contributed by atoms with E-state index in [0.29, 0.717) is 19.0 Å². The first-order valence-electron chi connectivity index (χ1n) is 6.79. The fraction of sp³-hybridized carbons (Fsp3) is 0.533. The molecule has 0 saturated carbocycles. The molecule has 1 rings (SSSR count). The SMILES string of the molecule is C=CCN(CC)c1ncc(F)cc1CNCC(C)C. The van der Waals surface area contributed by atoms with Gasteiger partial charge in [-0.05, 0) is 25.5 Å². The highest BCUT2D eigenvalue weighted by Gasteiger charge is 2.11. The Bertz CT molecular complexity index is 404. The lowest BCUT2D eigenvalue weighted by Gasteiger charge is -2.23. The molecule has 4 heteroatoms. The lowest BCUT2D eigenvalue weighted by molar-refractivity contribution is 0.548. The van der Waals surface area contributed by atoms with Crippen LogP contribution < -0.4 is 10.2 Å². The van der Waals surface area contributed by atoms with Crippen LogP contribution in [0.15, 0.2) is 24.9 Å². The van der Waals surface area contributed by atoms with Gasteiger partial charge in [0, 0.05) is 25.2 Å². The van der Waals surface area contributed by atoms with Gasteiger partial charge in [-0.25, -0.2) is 9.37 Å². The topological polar surface area (TPSA) is 28.2 Å². The summed E-state index contributed by atoms with van der Waals surface area (Å²) in [6.45, 7) is 13.2. The number of rotatable bonds is 8. The third-order valence-electron chi connectivity index (χ3n) is 2.81. The zero-order valence-electron chi connectivity index (χ0n) is 12.1. The molecule has 0 aliphatic rings. The largest absolute Gasteiger partial charge is 0.353 e. The number of anilines is 1. The summed E-state index contributed by atoms with van der Waals surface area (Å²) in [5.41, 5.74) is 0.893. The van der Waals surface area contributed by atoms with Crippen LogP contribution in [0.2, 0.25) is 0 Å². The molecule has 0 aliphatic heterocycles. The molecule has 0 aliphatic carbocycles. The van der Waals surface area contributed by atoms with E-state index in [1.807, 2.05) is 6.08 Å². The zero-order valence-corrected chi connectivity index (χ0v) is 12.1. The predicted molar refractivity (Wildman–Crippen MR) is 78.8 cm³/mol. The predicted octanol–water partition coefficient (Wildman–Crippen LogP) is 2.98. The number of nitrogens with zero attached hydrogens (tertiary/aromatic N) is 2. The van der Waals surface area contributed by atoms with Gasteiger partial charge in [-0.1, -0.05) is 19.9 Å². The average Bonchev–Trinajstić information content (AvgIpc) is 2.36. The highest BCUT2D eigenvalue weighted by Crippen LogP contribution is 2.18. The van der Waals surface area contributed by atoms with Crippen molar-refractivity contribution in [2.45, 2.75) is 27.3 Å². The van der Waals surface area contributed by atoms with Gasteiger partial charge in [-0.15, -0.1) is 6.58 Å².